The molecule has 1 aliphatic carbocycles. The molecule has 0 bridgehead atoms. The molecule has 0 spiro atoms. The number of hydrogen-bond acceptors (Lipinski definition) is 4. The van der Waals surface area contributed by atoms with E-state index < -0.39 is 0 Å². The van der Waals surface area contributed by atoms with E-state index in [-0.39, 0.29) is 12.0 Å². The van der Waals surface area contributed by atoms with Gasteiger partial charge in [-0.15, -0.1) is 0 Å². The second-order valence-electron chi connectivity index (χ2n) is 4.34. The van der Waals surface area contributed by atoms with Crippen LogP contribution in [0, 0.1) is 0 Å². The molecule has 2 fully saturated rings. The van der Waals surface area contributed by atoms with Crippen molar-refractivity contribution in [2.24, 2.45) is 0 Å². The van der Waals surface area contributed by atoms with Crippen molar-refractivity contribution >= 4 is 5.91 Å². The number of rotatable bonds is 4. The van der Waals surface area contributed by atoms with E-state index in [2.05, 4.69) is 10.3 Å². The highest BCUT2D eigenvalue weighted by Gasteiger charge is 2.26. The minimum Gasteiger partial charge on any atom is -0.479 e. The fourth-order valence-electron chi connectivity index (χ4n) is 1.71. The van der Waals surface area contributed by atoms with Gasteiger partial charge in [-0.3, -0.25) is 4.79 Å². The number of carbonyl (C=O) groups is 1. The third kappa shape index (κ3) is 2.49. The first-order valence-electron chi connectivity index (χ1n) is 5.88. The van der Waals surface area contributed by atoms with Gasteiger partial charge in [0.1, 0.15) is 11.9 Å². The zero-order chi connectivity index (χ0) is 11.7. The minimum absolute atomic E-state index is 0.0525. The van der Waals surface area contributed by atoms with Gasteiger partial charge in [0.2, 0.25) is 5.88 Å². The van der Waals surface area contributed by atoms with Crippen molar-refractivity contribution in [2.75, 3.05) is 6.54 Å². The smallest absolute Gasteiger partial charge is 0.261 e. The maximum absolute atomic E-state index is 11.3. The second-order valence-corrected chi connectivity index (χ2v) is 4.34. The van der Waals surface area contributed by atoms with Gasteiger partial charge in [0.15, 0.2) is 6.10 Å². The number of ether oxygens (including phenoxy) is 2. The summed E-state index contributed by atoms with van der Waals surface area (Å²) in [6.45, 7) is 0.680. The number of nitrogens with zero attached hydrogens (tertiary/aromatic N) is 1. The highest BCUT2D eigenvalue weighted by atomic mass is 16.5. The number of amides is 1. The summed E-state index contributed by atoms with van der Waals surface area (Å²) in [5, 5.41) is 2.73. The Kier molecular flexibility index (Phi) is 2.59. The average molecular weight is 234 g/mol. The molecule has 0 radical (unpaired) electrons. The quantitative estimate of drug-likeness (QED) is 0.840. The van der Waals surface area contributed by atoms with Gasteiger partial charge in [-0.25, -0.2) is 4.98 Å². The van der Waals surface area contributed by atoms with Crippen LogP contribution in [0.3, 0.4) is 0 Å². The van der Waals surface area contributed by atoms with Crippen LogP contribution in [0.1, 0.15) is 19.3 Å². The lowest BCUT2D eigenvalue weighted by Crippen LogP contribution is -2.27. The van der Waals surface area contributed by atoms with Crippen LogP contribution < -0.4 is 14.8 Å². The van der Waals surface area contributed by atoms with Crippen LogP contribution in [0.15, 0.2) is 18.3 Å². The molecule has 3 rings (SSSR count). The summed E-state index contributed by atoms with van der Waals surface area (Å²) in [4.78, 5) is 15.5. The SMILES string of the molecule is O=C1NCC[C@H]1Oc1ccc(OC2CC2)nc1. The van der Waals surface area contributed by atoms with Crippen molar-refractivity contribution < 1.29 is 14.3 Å². The molecule has 1 saturated carbocycles. The van der Waals surface area contributed by atoms with E-state index in [0.717, 1.165) is 12.8 Å². The van der Waals surface area contributed by atoms with Gasteiger partial charge in [-0.05, 0) is 18.9 Å². The first-order valence-corrected chi connectivity index (χ1v) is 5.88. The summed E-state index contributed by atoms with van der Waals surface area (Å²) in [5.74, 6) is 1.18. The summed E-state index contributed by atoms with van der Waals surface area (Å²) in [6, 6.07) is 3.57. The molecule has 2 heterocycles. The van der Waals surface area contributed by atoms with Crippen molar-refractivity contribution in [1.29, 1.82) is 0 Å². The first kappa shape index (κ1) is 10.4. The number of aromatic nitrogens is 1. The third-order valence-corrected chi connectivity index (χ3v) is 2.80. The Morgan fingerprint density at radius 1 is 1.24 bits per heavy atom. The topological polar surface area (TPSA) is 60.5 Å². The van der Waals surface area contributed by atoms with Crippen LogP contribution >= 0.6 is 0 Å². The van der Waals surface area contributed by atoms with Gasteiger partial charge < -0.3 is 14.8 Å². The van der Waals surface area contributed by atoms with Gasteiger partial charge >= 0.3 is 0 Å². The third-order valence-electron chi connectivity index (χ3n) is 2.80. The minimum atomic E-state index is -0.382. The zero-order valence-corrected chi connectivity index (χ0v) is 9.39. The van der Waals surface area contributed by atoms with E-state index in [1.165, 1.54) is 0 Å². The van der Waals surface area contributed by atoms with Crippen molar-refractivity contribution in [3.8, 4) is 11.6 Å². The van der Waals surface area contributed by atoms with E-state index >= 15 is 0 Å². The lowest BCUT2D eigenvalue weighted by Gasteiger charge is -2.10. The Balaban J connectivity index is 1.61. The molecular weight excluding hydrogens is 220 g/mol. The Morgan fingerprint density at radius 2 is 2.12 bits per heavy atom. The van der Waals surface area contributed by atoms with Crippen LogP contribution in [-0.2, 0) is 4.79 Å². The highest BCUT2D eigenvalue weighted by molar-refractivity contribution is 5.83. The number of nitrogens with one attached hydrogen (secondary N) is 1. The Bertz CT molecular complexity index is 414. The summed E-state index contributed by atoms with van der Waals surface area (Å²) in [5.41, 5.74) is 0. The Hall–Kier alpha value is -1.78. The summed E-state index contributed by atoms with van der Waals surface area (Å²) in [7, 11) is 0. The lowest BCUT2D eigenvalue weighted by molar-refractivity contribution is -0.124. The van der Waals surface area contributed by atoms with Gasteiger partial charge in [0, 0.05) is 19.0 Å². The summed E-state index contributed by atoms with van der Waals surface area (Å²) < 4.78 is 11.1. The second kappa shape index (κ2) is 4.24. The van der Waals surface area contributed by atoms with Crippen LogP contribution in [0.25, 0.3) is 0 Å². The molecule has 1 atom stereocenters. The lowest BCUT2D eigenvalue weighted by atomic mass is 10.3. The largest absolute Gasteiger partial charge is 0.479 e. The molecule has 0 unspecified atom stereocenters. The van der Waals surface area contributed by atoms with E-state index in [9.17, 15) is 4.79 Å². The molecule has 0 aromatic carbocycles. The fourth-order valence-corrected chi connectivity index (χ4v) is 1.71. The van der Waals surface area contributed by atoms with E-state index in [4.69, 9.17) is 9.47 Å². The van der Waals surface area contributed by atoms with Gasteiger partial charge in [0.05, 0.1) is 6.20 Å². The van der Waals surface area contributed by atoms with Crippen molar-refractivity contribution in [1.82, 2.24) is 10.3 Å². The predicted molar refractivity (Wildman–Crippen MR) is 59.9 cm³/mol. The highest BCUT2D eigenvalue weighted by Crippen LogP contribution is 2.26. The number of carbonyl (C=O) groups excluding carboxylic acids is 1. The molecule has 5 nitrogen and oxygen atoms in total. The number of hydrogen-bond donors (Lipinski definition) is 1. The Labute approximate surface area is 99.1 Å². The first-order chi connectivity index (χ1) is 8.31. The van der Waals surface area contributed by atoms with Crippen LogP contribution in [0.5, 0.6) is 11.6 Å². The van der Waals surface area contributed by atoms with Gasteiger partial charge in [-0.1, -0.05) is 0 Å². The molecular formula is C12H14N2O3. The maximum Gasteiger partial charge on any atom is 0.261 e. The summed E-state index contributed by atoms with van der Waals surface area (Å²) in [6.07, 6.45) is 4.49. The zero-order valence-electron chi connectivity index (χ0n) is 9.39. The van der Waals surface area contributed by atoms with E-state index in [1.807, 2.05) is 0 Å². The molecule has 1 aliphatic heterocycles. The van der Waals surface area contributed by atoms with Gasteiger partial charge in [-0.2, -0.15) is 0 Å². The maximum atomic E-state index is 11.3. The van der Waals surface area contributed by atoms with Crippen LogP contribution in [0.4, 0.5) is 0 Å². The fraction of sp³-hybridized carbons (Fsp3) is 0.500. The van der Waals surface area contributed by atoms with E-state index in [0.29, 0.717) is 30.7 Å². The van der Waals surface area contributed by atoms with E-state index in [1.54, 1.807) is 18.3 Å². The monoisotopic (exact) mass is 234 g/mol. The molecule has 2 aliphatic rings. The molecule has 1 saturated heterocycles. The average Bonchev–Trinajstić information content (AvgIpc) is 3.06. The molecule has 1 N–H and O–H groups in total. The molecule has 5 heteroatoms. The van der Waals surface area contributed by atoms with Crippen molar-refractivity contribution in [2.45, 2.75) is 31.5 Å². The molecule has 1 amide bonds. The summed E-state index contributed by atoms with van der Waals surface area (Å²) >= 11 is 0. The van der Waals surface area contributed by atoms with Crippen LogP contribution in [0.2, 0.25) is 0 Å². The number of pyridine rings is 1. The molecule has 90 valence electrons. The van der Waals surface area contributed by atoms with Gasteiger partial charge in [0.25, 0.3) is 5.91 Å². The molecule has 17 heavy (non-hydrogen) atoms. The van der Waals surface area contributed by atoms with Crippen LogP contribution in [-0.4, -0.2) is 29.6 Å². The van der Waals surface area contributed by atoms with Crippen molar-refractivity contribution in [3.63, 3.8) is 0 Å². The molecule has 1 aromatic rings. The normalized spacial score (nSPS) is 23.3. The predicted octanol–water partition coefficient (Wildman–Crippen LogP) is 0.890. The van der Waals surface area contributed by atoms with Crippen molar-refractivity contribution in [3.05, 3.63) is 18.3 Å². The Morgan fingerprint density at radius 3 is 2.71 bits per heavy atom. The standard InChI is InChI=1S/C12H14N2O3/c15-12-10(5-6-13-12)16-9-3-4-11(14-7-9)17-8-1-2-8/h3-4,7-8,10H,1-2,5-6H2,(H,13,15)/t10-/m1/s1. The molecule has 1 aromatic heterocycles.